The number of aliphatic hydroxyl groups excluding tert-OH is 1. The zero-order valence-corrected chi connectivity index (χ0v) is 14.1. The van der Waals surface area contributed by atoms with E-state index in [0.29, 0.717) is 42.8 Å². The number of hydrogen-bond acceptors (Lipinski definition) is 4. The second kappa shape index (κ2) is 7.53. The minimum Gasteiger partial charge on any atom is -0.469 e. The highest BCUT2D eigenvalue weighted by Gasteiger charge is 2.28. The summed E-state index contributed by atoms with van der Waals surface area (Å²) in [6.07, 6.45) is 1.68. The van der Waals surface area contributed by atoms with Gasteiger partial charge in [-0.25, -0.2) is 0 Å². The predicted molar refractivity (Wildman–Crippen MR) is 91.9 cm³/mol. The van der Waals surface area contributed by atoms with Gasteiger partial charge in [0, 0.05) is 19.1 Å². The van der Waals surface area contributed by atoms with Crippen molar-refractivity contribution >= 4 is 11.8 Å². The van der Waals surface area contributed by atoms with Crippen LogP contribution in [-0.4, -0.2) is 41.0 Å². The van der Waals surface area contributed by atoms with Crippen LogP contribution in [0, 0.1) is 6.92 Å². The van der Waals surface area contributed by atoms with Gasteiger partial charge in [0.2, 0.25) is 0 Å². The third kappa shape index (κ3) is 3.91. The molecule has 1 atom stereocenters. The maximum Gasteiger partial charge on any atom is 0.256 e. The van der Waals surface area contributed by atoms with Crippen LogP contribution >= 0.6 is 0 Å². The number of aryl methyl sites for hydroxylation is 1. The molecule has 6 nitrogen and oxygen atoms in total. The van der Waals surface area contributed by atoms with Crippen molar-refractivity contribution in [3.8, 4) is 0 Å². The predicted octanol–water partition coefficient (Wildman–Crippen LogP) is 2.04. The second-order valence-corrected chi connectivity index (χ2v) is 6.28. The van der Waals surface area contributed by atoms with Crippen LogP contribution in [0.4, 0.5) is 0 Å². The first kappa shape index (κ1) is 17.2. The number of benzene rings is 1. The Morgan fingerprint density at radius 1 is 1.20 bits per heavy atom. The summed E-state index contributed by atoms with van der Waals surface area (Å²) in [6, 6.07) is 10.6. The van der Waals surface area contributed by atoms with E-state index >= 15 is 0 Å². The maximum absolute atomic E-state index is 12.4. The zero-order chi connectivity index (χ0) is 17.8. The van der Waals surface area contributed by atoms with Crippen LogP contribution in [0.2, 0.25) is 0 Å². The van der Waals surface area contributed by atoms with Crippen LogP contribution in [0.15, 0.2) is 47.1 Å². The number of aliphatic hydroxyl groups is 1. The van der Waals surface area contributed by atoms with Crippen LogP contribution in [0.3, 0.4) is 0 Å². The molecule has 1 fully saturated rings. The van der Waals surface area contributed by atoms with Crippen LogP contribution in [0.5, 0.6) is 0 Å². The largest absolute Gasteiger partial charge is 0.469 e. The quantitative estimate of drug-likeness (QED) is 0.891. The lowest BCUT2D eigenvalue weighted by Gasteiger charge is -2.33. The monoisotopic (exact) mass is 342 g/mol. The molecule has 132 valence electrons. The molecule has 0 aliphatic carbocycles. The fourth-order valence-corrected chi connectivity index (χ4v) is 3.08. The Kier molecular flexibility index (Phi) is 5.19. The van der Waals surface area contributed by atoms with E-state index in [0.717, 1.165) is 0 Å². The van der Waals surface area contributed by atoms with Gasteiger partial charge in [0.1, 0.15) is 5.76 Å². The Morgan fingerprint density at radius 2 is 1.88 bits per heavy atom. The van der Waals surface area contributed by atoms with E-state index < -0.39 is 6.10 Å². The number of nitrogens with one attached hydrogen (secondary N) is 1. The fraction of sp³-hybridized carbons (Fsp3) is 0.368. The van der Waals surface area contributed by atoms with Gasteiger partial charge in [-0.3, -0.25) is 9.59 Å². The number of carbonyl (C=O) groups is 2. The SMILES string of the molecule is Cc1occc1C(=O)NC1CCN(C(=O)C(O)c2ccccc2)CC1. The summed E-state index contributed by atoms with van der Waals surface area (Å²) in [6.45, 7) is 2.78. The van der Waals surface area contributed by atoms with Crippen molar-refractivity contribution in [3.05, 3.63) is 59.5 Å². The molecule has 2 heterocycles. The van der Waals surface area contributed by atoms with Crippen LogP contribution in [-0.2, 0) is 4.79 Å². The number of carbonyl (C=O) groups excluding carboxylic acids is 2. The Labute approximate surface area is 146 Å². The van der Waals surface area contributed by atoms with Gasteiger partial charge in [0.15, 0.2) is 6.10 Å². The third-order valence-corrected chi connectivity index (χ3v) is 4.59. The lowest BCUT2D eigenvalue weighted by molar-refractivity contribution is -0.141. The number of furan rings is 1. The molecule has 25 heavy (non-hydrogen) atoms. The van der Waals surface area contributed by atoms with Gasteiger partial charge in [-0.1, -0.05) is 30.3 Å². The summed E-state index contributed by atoms with van der Waals surface area (Å²) < 4.78 is 5.15. The first-order valence-electron chi connectivity index (χ1n) is 8.43. The first-order valence-corrected chi connectivity index (χ1v) is 8.43. The van der Waals surface area contributed by atoms with Crippen molar-refractivity contribution in [1.82, 2.24) is 10.2 Å². The molecule has 0 spiro atoms. The maximum atomic E-state index is 12.4. The molecule has 3 rings (SSSR count). The van der Waals surface area contributed by atoms with Crippen molar-refractivity contribution in [2.45, 2.75) is 31.9 Å². The van der Waals surface area contributed by atoms with Crippen molar-refractivity contribution in [3.63, 3.8) is 0 Å². The van der Waals surface area contributed by atoms with Gasteiger partial charge in [-0.05, 0) is 31.4 Å². The third-order valence-electron chi connectivity index (χ3n) is 4.59. The van der Waals surface area contributed by atoms with Crippen molar-refractivity contribution in [2.24, 2.45) is 0 Å². The Balaban J connectivity index is 1.52. The number of rotatable bonds is 4. The topological polar surface area (TPSA) is 82.8 Å². The second-order valence-electron chi connectivity index (χ2n) is 6.28. The summed E-state index contributed by atoms with van der Waals surface area (Å²) in [4.78, 5) is 26.3. The van der Waals surface area contributed by atoms with Crippen molar-refractivity contribution in [1.29, 1.82) is 0 Å². The summed E-state index contributed by atoms with van der Waals surface area (Å²) in [7, 11) is 0. The molecule has 1 aliphatic heterocycles. The molecule has 1 aromatic heterocycles. The van der Waals surface area contributed by atoms with E-state index in [1.165, 1.54) is 6.26 Å². The highest BCUT2D eigenvalue weighted by molar-refractivity contribution is 5.95. The Hall–Kier alpha value is -2.60. The molecular weight excluding hydrogens is 320 g/mol. The molecule has 0 bridgehead atoms. The number of amides is 2. The summed E-state index contributed by atoms with van der Waals surface area (Å²) >= 11 is 0. The van der Waals surface area contributed by atoms with Gasteiger partial charge in [0.05, 0.1) is 11.8 Å². The van der Waals surface area contributed by atoms with Gasteiger partial charge in [0.25, 0.3) is 11.8 Å². The van der Waals surface area contributed by atoms with Gasteiger partial charge in [-0.2, -0.15) is 0 Å². The molecule has 1 aliphatic rings. The molecule has 2 N–H and O–H groups in total. The molecule has 6 heteroatoms. The lowest BCUT2D eigenvalue weighted by Crippen LogP contribution is -2.47. The molecular formula is C19H22N2O4. The van der Waals surface area contributed by atoms with E-state index in [9.17, 15) is 14.7 Å². The van der Waals surface area contributed by atoms with Crippen LogP contribution < -0.4 is 5.32 Å². The molecule has 2 aromatic rings. The average Bonchev–Trinajstić information content (AvgIpc) is 3.08. The van der Waals surface area contributed by atoms with E-state index in [1.807, 2.05) is 6.07 Å². The molecule has 2 amide bonds. The summed E-state index contributed by atoms with van der Waals surface area (Å²) in [5.74, 6) is 0.151. The fourth-order valence-electron chi connectivity index (χ4n) is 3.08. The lowest BCUT2D eigenvalue weighted by atomic mass is 10.0. The number of likely N-dealkylation sites (tertiary alicyclic amines) is 1. The summed E-state index contributed by atoms with van der Waals surface area (Å²) in [5, 5.41) is 13.2. The highest BCUT2D eigenvalue weighted by atomic mass is 16.3. The number of hydrogen-bond donors (Lipinski definition) is 2. The summed E-state index contributed by atoms with van der Waals surface area (Å²) in [5.41, 5.74) is 1.14. The first-order chi connectivity index (χ1) is 12.1. The van der Waals surface area contributed by atoms with Crippen LogP contribution in [0.1, 0.15) is 40.6 Å². The molecule has 1 unspecified atom stereocenters. The van der Waals surface area contributed by atoms with Crippen molar-refractivity contribution in [2.75, 3.05) is 13.1 Å². The molecule has 0 radical (unpaired) electrons. The number of piperidine rings is 1. The van der Waals surface area contributed by atoms with Gasteiger partial charge in [-0.15, -0.1) is 0 Å². The highest BCUT2D eigenvalue weighted by Crippen LogP contribution is 2.19. The van der Waals surface area contributed by atoms with E-state index in [-0.39, 0.29) is 17.9 Å². The minimum atomic E-state index is -1.14. The molecule has 1 saturated heterocycles. The molecule has 0 saturated carbocycles. The van der Waals surface area contributed by atoms with Gasteiger partial charge >= 0.3 is 0 Å². The average molecular weight is 342 g/mol. The standard InChI is InChI=1S/C19H22N2O4/c1-13-16(9-12-25-13)18(23)20-15-7-10-21(11-8-15)19(24)17(22)14-5-3-2-4-6-14/h2-6,9,12,15,17,22H,7-8,10-11H2,1H3,(H,20,23). The zero-order valence-electron chi connectivity index (χ0n) is 14.1. The van der Waals surface area contributed by atoms with E-state index in [1.54, 1.807) is 42.2 Å². The Bertz CT molecular complexity index is 733. The molecule has 1 aromatic carbocycles. The minimum absolute atomic E-state index is 0.0136. The van der Waals surface area contributed by atoms with E-state index in [4.69, 9.17) is 4.42 Å². The number of nitrogens with zero attached hydrogens (tertiary/aromatic N) is 1. The van der Waals surface area contributed by atoms with E-state index in [2.05, 4.69) is 5.32 Å². The smallest absolute Gasteiger partial charge is 0.256 e. The normalized spacial score (nSPS) is 16.5. The van der Waals surface area contributed by atoms with Crippen LogP contribution in [0.25, 0.3) is 0 Å². The Morgan fingerprint density at radius 3 is 2.48 bits per heavy atom. The van der Waals surface area contributed by atoms with Crippen molar-refractivity contribution < 1.29 is 19.1 Å². The van der Waals surface area contributed by atoms with Gasteiger partial charge < -0.3 is 19.7 Å².